The third-order valence-electron chi connectivity index (χ3n) is 3.84. The van der Waals surface area contributed by atoms with E-state index in [9.17, 15) is 4.79 Å². The number of hydrogen-bond acceptors (Lipinski definition) is 3. The predicted molar refractivity (Wildman–Crippen MR) is 68.7 cm³/mol. The van der Waals surface area contributed by atoms with Gasteiger partial charge in [0.15, 0.2) is 0 Å². The van der Waals surface area contributed by atoms with E-state index in [4.69, 9.17) is 10.5 Å². The second kappa shape index (κ2) is 6.97. The molecule has 1 fully saturated rings. The molecule has 0 spiro atoms. The molecule has 2 N–H and O–H groups in total. The van der Waals surface area contributed by atoms with E-state index in [-0.39, 0.29) is 11.3 Å². The van der Waals surface area contributed by atoms with Crippen LogP contribution >= 0.6 is 0 Å². The fraction of sp³-hybridized carbons (Fsp3) is 0.923. The zero-order chi connectivity index (χ0) is 12.7. The SMILES string of the molecule is COCCCN(C)C(=O)C1(CN)CCCCC1. The van der Waals surface area contributed by atoms with Gasteiger partial charge in [-0.15, -0.1) is 0 Å². The van der Waals surface area contributed by atoms with Crippen LogP contribution in [0.2, 0.25) is 0 Å². The molecule has 1 rings (SSSR count). The maximum Gasteiger partial charge on any atom is 0.229 e. The first kappa shape index (κ1) is 14.5. The fourth-order valence-corrected chi connectivity index (χ4v) is 2.69. The van der Waals surface area contributed by atoms with Crippen molar-refractivity contribution in [1.82, 2.24) is 4.90 Å². The van der Waals surface area contributed by atoms with Gasteiger partial charge in [0.1, 0.15) is 0 Å². The molecule has 0 heterocycles. The van der Waals surface area contributed by atoms with Gasteiger partial charge in [-0.3, -0.25) is 4.79 Å². The summed E-state index contributed by atoms with van der Waals surface area (Å²) in [5.74, 6) is 0.232. The lowest BCUT2D eigenvalue weighted by molar-refractivity contribution is -0.142. The minimum Gasteiger partial charge on any atom is -0.385 e. The number of ether oxygens (including phenoxy) is 1. The first-order chi connectivity index (χ1) is 8.16. The van der Waals surface area contributed by atoms with E-state index in [1.54, 1.807) is 7.11 Å². The van der Waals surface area contributed by atoms with Crippen LogP contribution in [0.15, 0.2) is 0 Å². The van der Waals surface area contributed by atoms with Crippen molar-refractivity contribution in [3.8, 4) is 0 Å². The van der Waals surface area contributed by atoms with Crippen LogP contribution in [-0.4, -0.2) is 44.7 Å². The minimum absolute atomic E-state index is 0.232. The van der Waals surface area contributed by atoms with Crippen molar-refractivity contribution in [1.29, 1.82) is 0 Å². The molecule has 4 nitrogen and oxygen atoms in total. The van der Waals surface area contributed by atoms with Gasteiger partial charge in [-0.05, 0) is 19.3 Å². The Bertz CT molecular complexity index is 238. The Hall–Kier alpha value is -0.610. The Kier molecular flexibility index (Phi) is 5.92. The average Bonchev–Trinajstić information content (AvgIpc) is 2.38. The minimum atomic E-state index is -0.278. The highest BCUT2D eigenvalue weighted by Gasteiger charge is 2.39. The van der Waals surface area contributed by atoms with E-state index in [2.05, 4.69) is 0 Å². The van der Waals surface area contributed by atoms with Gasteiger partial charge in [-0.2, -0.15) is 0 Å². The van der Waals surface area contributed by atoms with Gasteiger partial charge in [0.05, 0.1) is 5.41 Å². The number of hydrogen-bond donors (Lipinski definition) is 1. The topological polar surface area (TPSA) is 55.6 Å². The third kappa shape index (κ3) is 3.68. The Balaban J connectivity index is 2.52. The number of carbonyl (C=O) groups excluding carboxylic acids is 1. The number of rotatable bonds is 6. The van der Waals surface area contributed by atoms with Crippen LogP contribution in [0.3, 0.4) is 0 Å². The highest BCUT2D eigenvalue weighted by Crippen LogP contribution is 2.36. The molecule has 100 valence electrons. The molecule has 0 aromatic heterocycles. The van der Waals surface area contributed by atoms with E-state index in [1.807, 2.05) is 11.9 Å². The van der Waals surface area contributed by atoms with Gasteiger partial charge in [-0.25, -0.2) is 0 Å². The molecule has 0 unspecified atom stereocenters. The largest absolute Gasteiger partial charge is 0.385 e. The molecule has 17 heavy (non-hydrogen) atoms. The molecule has 0 bridgehead atoms. The molecule has 1 amide bonds. The third-order valence-corrected chi connectivity index (χ3v) is 3.84. The van der Waals surface area contributed by atoms with Crippen molar-refractivity contribution >= 4 is 5.91 Å². The number of methoxy groups -OCH3 is 1. The molecule has 0 saturated heterocycles. The summed E-state index contributed by atoms with van der Waals surface area (Å²) in [4.78, 5) is 14.3. The number of amides is 1. The summed E-state index contributed by atoms with van der Waals surface area (Å²) in [7, 11) is 3.56. The highest BCUT2D eigenvalue weighted by atomic mass is 16.5. The van der Waals surface area contributed by atoms with Crippen LogP contribution < -0.4 is 5.73 Å². The summed E-state index contributed by atoms with van der Waals surface area (Å²) in [6.07, 6.45) is 6.30. The number of nitrogens with zero attached hydrogens (tertiary/aromatic N) is 1. The van der Waals surface area contributed by atoms with Crippen LogP contribution in [0.25, 0.3) is 0 Å². The Morgan fingerprint density at radius 1 is 1.35 bits per heavy atom. The van der Waals surface area contributed by atoms with E-state index in [0.29, 0.717) is 13.2 Å². The molecule has 1 saturated carbocycles. The summed E-state index contributed by atoms with van der Waals surface area (Å²) in [6.45, 7) is 1.95. The molecule has 0 radical (unpaired) electrons. The summed E-state index contributed by atoms with van der Waals surface area (Å²) in [5, 5.41) is 0. The quantitative estimate of drug-likeness (QED) is 0.716. The van der Waals surface area contributed by atoms with Crippen LogP contribution in [0, 0.1) is 5.41 Å². The summed E-state index contributed by atoms with van der Waals surface area (Å²) >= 11 is 0. The fourth-order valence-electron chi connectivity index (χ4n) is 2.69. The van der Waals surface area contributed by atoms with Crippen LogP contribution in [0.4, 0.5) is 0 Å². The lowest BCUT2D eigenvalue weighted by Gasteiger charge is -2.37. The van der Waals surface area contributed by atoms with Crippen molar-refractivity contribution in [3.05, 3.63) is 0 Å². The second-order valence-electron chi connectivity index (χ2n) is 5.12. The first-order valence-corrected chi connectivity index (χ1v) is 6.61. The van der Waals surface area contributed by atoms with Crippen LogP contribution in [0.5, 0.6) is 0 Å². The second-order valence-corrected chi connectivity index (χ2v) is 5.12. The Morgan fingerprint density at radius 2 is 2.00 bits per heavy atom. The van der Waals surface area contributed by atoms with Gasteiger partial charge in [-0.1, -0.05) is 19.3 Å². The van der Waals surface area contributed by atoms with Gasteiger partial charge < -0.3 is 15.4 Å². The Morgan fingerprint density at radius 3 is 2.53 bits per heavy atom. The predicted octanol–water partition coefficient (Wildman–Crippen LogP) is 1.39. The van der Waals surface area contributed by atoms with Crippen molar-refractivity contribution < 1.29 is 9.53 Å². The highest BCUT2D eigenvalue weighted by molar-refractivity contribution is 5.82. The van der Waals surface area contributed by atoms with Crippen molar-refractivity contribution in [2.75, 3.05) is 33.9 Å². The van der Waals surface area contributed by atoms with E-state index < -0.39 is 0 Å². The average molecular weight is 242 g/mol. The normalized spacial score (nSPS) is 19.0. The van der Waals surface area contributed by atoms with Gasteiger partial charge in [0.25, 0.3) is 0 Å². The zero-order valence-electron chi connectivity index (χ0n) is 11.2. The lowest BCUT2D eigenvalue weighted by Crippen LogP contribution is -2.48. The lowest BCUT2D eigenvalue weighted by atomic mass is 9.73. The Labute approximate surface area is 104 Å². The van der Waals surface area contributed by atoms with Crippen molar-refractivity contribution in [2.45, 2.75) is 38.5 Å². The van der Waals surface area contributed by atoms with Gasteiger partial charge in [0, 0.05) is 33.9 Å². The van der Waals surface area contributed by atoms with Gasteiger partial charge >= 0.3 is 0 Å². The van der Waals surface area contributed by atoms with Crippen molar-refractivity contribution in [2.24, 2.45) is 11.1 Å². The standard InChI is InChI=1S/C13H26N2O2/c1-15(9-6-10-17-2)12(16)13(11-14)7-4-3-5-8-13/h3-11,14H2,1-2H3. The van der Waals surface area contributed by atoms with Gasteiger partial charge in [0.2, 0.25) is 5.91 Å². The first-order valence-electron chi connectivity index (χ1n) is 6.61. The van der Waals surface area contributed by atoms with E-state index >= 15 is 0 Å². The molecule has 0 aromatic rings. The molecule has 0 atom stereocenters. The molecule has 1 aliphatic rings. The number of carbonyl (C=O) groups is 1. The molecular formula is C13H26N2O2. The maximum absolute atomic E-state index is 12.5. The molecule has 0 aliphatic heterocycles. The van der Waals surface area contributed by atoms with Crippen LogP contribution in [0.1, 0.15) is 38.5 Å². The maximum atomic E-state index is 12.5. The number of nitrogens with two attached hydrogens (primary N) is 1. The summed E-state index contributed by atoms with van der Waals surface area (Å²) in [6, 6.07) is 0. The molecule has 1 aliphatic carbocycles. The van der Waals surface area contributed by atoms with E-state index in [0.717, 1.165) is 38.6 Å². The monoisotopic (exact) mass is 242 g/mol. The summed E-state index contributed by atoms with van der Waals surface area (Å²) in [5.41, 5.74) is 5.58. The van der Waals surface area contributed by atoms with Crippen LogP contribution in [-0.2, 0) is 9.53 Å². The molecular weight excluding hydrogens is 216 g/mol. The van der Waals surface area contributed by atoms with E-state index in [1.165, 1.54) is 6.42 Å². The smallest absolute Gasteiger partial charge is 0.229 e. The molecule has 4 heteroatoms. The molecule has 0 aromatic carbocycles. The summed E-state index contributed by atoms with van der Waals surface area (Å²) < 4.78 is 5.01. The zero-order valence-corrected chi connectivity index (χ0v) is 11.2. The van der Waals surface area contributed by atoms with Crippen molar-refractivity contribution in [3.63, 3.8) is 0 Å².